The van der Waals surface area contributed by atoms with Crippen LogP contribution in [0.25, 0.3) is 6.08 Å². The largest absolute Gasteiger partial charge is 0.466 e. The molecular weight excluding hydrogens is 400 g/mol. The summed E-state index contributed by atoms with van der Waals surface area (Å²) >= 11 is 0. The molecule has 0 N–H and O–H groups in total. The van der Waals surface area contributed by atoms with Crippen molar-refractivity contribution in [2.45, 2.75) is 77.6 Å². The lowest BCUT2D eigenvalue weighted by Crippen LogP contribution is -2.07. The number of hydrogen-bond donors (Lipinski definition) is 0. The topological polar surface area (TPSA) is 52.6 Å². The Balaban J connectivity index is 0.00000140. The minimum Gasteiger partial charge on any atom is -0.466 e. The molecule has 0 spiro atoms. The van der Waals surface area contributed by atoms with Crippen LogP contribution in [0.15, 0.2) is 61.2 Å². The number of methoxy groups -OCH3 is 1. The average molecular weight is 443 g/mol. The Morgan fingerprint density at radius 3 is 1.97 bits per heavy atom. The molecule has 0 aliphatic heterocycles. The van der Waals surface area contributed by atoms with Gasteiger partial charge in [0.2, 0.25) is 0 Å². The zero-order chi connectivity index (χ0) is 23.9. The van der Waals surface area contributed by atoms with Crippen LogP contribution in [0.2, 0.25) is 0 Å². The fourth-order valence-corrected chi connectivity index (χ4v) is 2.92. The molecule has 0 saturated heterocycles. The van der Waals surface area contributed by atoms with E-state index in [1.807, 2.05) is 42.5 Å². The average Bonchev–Trinajstić information content (AvgIpc) is 2.82. The summed E-state index contributed by atoms with van der Waals surface area (Å²) in [6.07, 6.45) is 18.4. The summed E-state index contributed by atoms with van der Waals surface area (Å²) in [5.41, 5.74) is 1.64. The third kappa shape index (κ3) is 18.2. The van der Waals surface area contributed by atoms with Crippen molar-refractivity contribution < 1.29 is 19.1 Å². The van der Waals surface area contributed by atoms with Crippen molar-refractivity contribution in [1.29, 1.82) is 0 Å². The monoisotopic (exact) mass is 442 g/mol. The lowest BCUT2D eigenvalue weighted by molar-refractivity contribution is -0.139. The Morgan fingerprint density at radius 2 is 1.47 bits per heavy atom. The first-order valence-electron chi connectivity index (χ1n) is 11.8. The maximum absolute atomic E-state index is 11.9. The first-order chi connectivity index (χ1) is 15.5. The summed E-state index contributed by atoms with van der Waals surface area (Å²) in [6, 6.07) is 10.0. The van der Waals surface area contributed by atoms with Crippen molar-refractivity contribution in [3.8, 4) is 0 Å². The zero-order valence-electron chi connectivity index (χ0n) is 20.2. The molecule has 178 valence electrons. The zero-order valence-corrected chi connectivity index (χ0v) is 20.2. The number of carbonyl (C=O) groups excluding carboxylic acids is 2. The number of ether oxygens (including phenoxy) is 2. The molecule has 32 heavy (non-hydrogen) atoms. The maximum atomic E-state index is 11.9. The van der Waals surface area contributed by atoms with Gasteiger partial charge in [0.15, 0.2) is 0 Å². The van der Waals surface area contributed by atoms with Gasteiger partial charge in [-0.15, -0.1) is 0 Å². The van der Waals surface area contributed by atoms with Crippen LogP contribution in [0.1, 0.15) is 83.1 Å². The number of carbonyl (C=O) groups is 2. The van der Waals surface area contributed by atoms with Gasteiger partial charge in [-0.05, 0) is 18.4 Å². The van der Waals surface area contributed by atoms with E-state index in [-0.39, 0.29) is 5.97 Å². The van der Waals surface area contributed by atoms with Crippen LogP contribution >= 0.6 is 0 Å². The predicted octanol–water partition coefficient (Wildman–Crippen LogP) is 7.46. The van der Waals surface area contributed by atoms with Gasteiger partial charge in [0.1, 0.15) is 0 Å². The highest BCUT2D eigenvalue weighted by Gasteiger charge is 2.06. The summed E-state index contributed by atoms with van der Waals surface area (Å²) in [6.45, 7) is 9.75. The molecule has 0 aromatic heterocycles. The molecule has 0 amide bonds. The third-order valence-corrected chi connectivity index (χ3v) is 4.86. The van der Waals surface area contributed by atoms with E-state index in [2.05, 4.69) is 24.8 Å². The molecule has 0 unspecified atom stereocenters. The lowest BCUT2D eigenvalue weighted by Gasteiger charge is -2.06. The van der Waals surface area contributed by atoms with E-state index in [1.165, 1.54) is 58.5 Å². The molecule has 4 nitrogen and oxygen atoms in total. The highest BCUT2D eigenvalue weighted by atomic mass is 16.5. The van der Waals surface area contributed by atoms with Gasteiger partial charge in [0.25, 0.3) is 0 Å². The van der Waals surface area contributed by atoms with Gasteiger partial charge in [0.05, 0.1) is 13.7 Å². The number of unbranched alkanes of at least 4 members (excludes halogenated alkanes) is 9. The van der Waals surface area contributed by atoms with Gasteiger partial charge in [-0.3, -0.25) is 0 Å². The summed E-state index contributed by atoms with van der Waals surface area (Å²) in [4.78, 5) is 21.7. The fourth-order valence-electron chi connectivity index (χ4n) is 2.92. The molecule has 1 rings (SSSR count). The molecule has 0 saturated carbocycles. The van der Waals surface area contributed by atoms with Gasteiger partial charge in [-0.1, -0.05) is 120 Å². The van der Waals surface area contributed by atoms with Crippen LogP contribution in [-0.2, 0) is 19.1 Å². The van der Waals surface area contributed by atoms with Crippen molar-refractivity contribution >= 4 is 18.0 Å². The van der Waals surface area contributed by atoms with Gasteiger partial charge in [0, 0.05) is 11.6 Å². The summed E-state index contributed by atoms with van der Waals surface area (Å²) in [7, 11) is 1.31. The standard InChI is InChI=1S/C24H36O2.C4H6O2/c1-3-4-5-6-7-8-9-10-11-15-21-26-24(25)22(2)17-16-20-23-18-13-12-14-19-23;1-3-4(5)6-2/h12-14,16,18-20H,2-11,15,17,21H2,1H3;3H,1H2,2H3. The second kappa shape index (κ2) is 21.6. The van der Waals surface area contributed by atoms with Crippen LogP contribution in [-0.4, -0.2) is 25.7 Å². The Labute approximate surface area is 195 Å². The number of hydrogen-bond acceptors (Lipinski definition) is 4. The van der Waals surface area contributed by atoms with Crippen molar-refractivity contribution in [3.63, 3.8) is 0 Å². The van der Waals surface area contributed by atoms with Gasteiger partial charge in [-0.25, -0.2) is 9.59 Å². The predicted molar refractivity (Wildman–Crippen MR) is 134 cm³/mol. The molecule has 0 radical (unpaired) electrons. The summed E-state index contributed by atoms with van der Waals surface area (Å²) in [5.74, 6) is -0.659. The van der Waals surface area contributed by atoms with Crippen LogP contribution in [0.4, 0.5) is 0 Å². The molecule has 0 bridgehead atoms. The van der Waals surface area contributed by atoms with E-state index in [4.69, 9.17) is 4.74 Å². The Bertz CT molecular complexity index is 661. The molecule has 0 fully saturated rings. The molecule has 0 aliphatic carbocycles. The number of allylic oxidation sites excluding steroid dienone is 1. The molecule has 4 heteroatoms. The van der Waals surface area contributed by atoms with E-state index in [0.29, 0.717) is 18.6 Å². The van der Waals surface area contributed by atoms with Gasteiger partial charge < -0.3 is 9.47 Å². The minimum atomic E-state index is -0.394. The first-order valence-corrected chi connectivity index (χ1v) is 11.8. The number of benzene rings is 1. The van der Waals surface area contributed by atoms with Gasteiger partial charge in [-0.2, -0.15) is 0 Å². The minimum absolute atomic E-state index is 0.265. The fraction of sp³-hybridized carbons (Fsp3) is 0.500. The van der Waals surface area contributed by atoms with E-state index in [0.717, 1.165) is 24.5 Å². The SMILES string of the molecule is C=C(CC=Cc1ccccc1)C(=O)OCCCCCCCCCCCC.C=CC(=O)OC. The van der Waals surface area contributed by atoms with E-state index >= 15 is 0 Å². The van der Waals surface area contributed by atoms with Crippen molar-refractivity contribution in [2.24, 2.45) is 0 Å². The summed E-state index contributed by atoms with van der Waals surface area (Å²) in [5, 5.41) is 0. The molecule has 0 aliphatic rings. The normalized spacial score (nSPS) is 10.2. The smallest absolute Gasteiger partial charge is 0.333 e. The van der Waals surface area contributed by atoms with Crippen LogP contribution in [0.5, 0.6) is 0 Å². The Kier molecular flexibility index (Phi) is 19.8. The van der Waals surface area contributed by atoms with Crippen molar-refractivity contribution in [3.05, 3.63) is 66.8 Å². The quantitative estimate of drug-likeness (QED) is 0.151. The van der Waals surface area contributed by atoms with Crippen molar-refractivity contribution in [2.75, 3.05) is 13.7 Å². The molecule has 1 aromatic carbocycles. The molecule has 0 atom stereocenters. The molecule has 0 heterocycles. The van der Waals surface area contributed by atoms with Crippen LogP contribution in [0, 0.1) is 0 Å². The summed E-state index contributed by atoms with van der Waals surface area (Å²) < 4.78 is 9.45. The van der Waals surface area contributed by atoms with Crippen LogP contribution in [0.3, 0.4) is 0 Å². The number of esters is 2. The maximum Gasteiger partial charge on any atom is 0.333 e. The van der Waals surface area contributed by atoms with E-state index in [9.17, 15) is 9.59 Å². The Hall–Kier alpha value is -2.62. The Morgan fingerprint density at radius 1 is 0.906 bits per heavy atom. The van der Waals surface area contributed by atoms with E-state index in [1.54, 1.807) is 0 Å². The molecule has 1 aromatic rings. The number of rotatable bonds is 16. The molecular formula is C28H42O4. The second-order valence-corrected chi connectivity index (χ2v) is 7.67. The highest BCUT2D eigenvalue weighted by Crippen LogP contribution is 2.11. The third-order valence-electron chi connectivity index (χ3n) is 4.86. The van der Waals surface area contributed by atoms with Crippen LogP contribution < -0.4 is 0 Å². The van der Waals surface area contributed by atoms with E-state index < -0.39 is 5.97 Å². The lowest BCUT2D eigenvalue weighted by atomic mass is 10.1. The van der Waals surface area contributed by atoms with Crippen molar-refractivity contribution in [1.82, 2.24) is 0 Å². The second-order valence-electron chi connectivity index (χ2n) is 7.67. The first kappa shape index (κ1) is 29.4. The highest BCUT2D eigenvalue weighted by molar-refractivity contribution is 5.88. The van der Waals surface area contributed by atoms with Gasteiger partial charge >= 0.3 is 11.9 Å².